The lowest BCUT2D eigenvalue weighted by Gasteiger charge is -2.25. The molecule has 0 saturated carbocycles. The van der Waals surface area contributed by atoms with E-state index >= 15 is 0 Å². The second-order valence-corrected chi connectivity index (χ2v) is 9.26. The number of ether oxygens (including phenoxy) is 1. The van der Waals surface area contributed by atoms with E-state index in [1.54, 1.807) is 0 Å². The van der Waals surface area contributed by atoms with Gasteiger partial charge in [0, 0.05) is 47.1 Å². The molecule has 4 aromatic rings. The highest BCUT2D eigenvalue weighted by atomic mass is 16.5. The molecule has 0 aliphatic carbocycles. The fourth-order valence-electron chi connectivity index (χ4n) is 4.80. The summed E-state index contributed by atoms with van der Waals surface area (Å²) in [5.74, 6) is -0.0562. The van der Waals surface area contributed by atoms with Crippen molar-refractivity contribution in [2.45, 2.75) is 19.4 Å². The Morgan fingerprint density at radius 1 is 0.946 bits per heavy atom. The summed E-state index contributed by atoms with van der Waals surface area (Å²) in [6.07, 6.45) is 2.71. The Hall–Kier alpha value is -3.94. The van der Waals surface area contributed by atoms with Crippen LogP contribution in [-0.2, 0) is 16.0 Å². The van der Waals surface area contributed by atoms with E-state index < -0.39 is 6.04 Å². The molecule has 0 unspecified atom stereocenters. The predicted octanol–water partition coefficient (Wildman–Crippen LogP) is 5.04. The number of carbonyl (C=O) groups is 2. The Morgan fingerprint density at radius 2 is 1.68 bits per heavy atom. The van der Waals surface area contributed by atoms with Crippen molar-refractivity contribution in [1.29, 1.82) is 0 Å². The first-order chi connectivity index (χ1) is 18.1. The van der Waals surface area contributed by atoms with Gasteiger partial charge in [-0.15, -0.1) is 0 Å². The number of nitrogens with zero attached hydrogens (tertiary/aromatic N) is 1. The van der Waals surface area contributed by atoms with Crippen LogP contribution in [0.4, 0.5) is 11.4 Å². The van der Waals surface area contributed by atoms with Gasteiger partial charge in [0.2, 0.25) is 5.91 Å². The van der Waals surface area contributed by atoms with Gasteiger partial charge in [0.1, 0.15) is 6.04 Å². The summed E-state index contributed by atoms with van der Waals surface area (Å²) in [6, 6.07) is 22.7. The second kappa shape index (κ2) is 11.4. The molecule has 0 spiro atoms. The van der Waals surface area contributed by atoms with Crippen molar-refractivity contribution in [2.24, 2.45) is 0 Å². The summed E-state index contributed by atoms with van der Waals surface area (Å²) >= 11 is 0. The van der Waals surface area contributed by atoms with Crippen LogP contribution in [0.2, 0.25) is 0 Å². The first-order valence-corrected chi connectivity index (χ1v) is 12.8. The SMILES string of the molecule is CCc1cccc2c(C(=O)[C@@H](Nc3ccc(NC(=O)CN4CCOCC4)cc3)c3ccccc3)c[nH]c12. The van der Waals surface area contributed by atoms with Crippen LogP contribution in [0, 0.1) is 0 Å². The quantitative estimate of drug-likeness (QED) is 0.283. The minimum absolute atomic E-state index is 0.00593. The number of hydrogen-bond donors (Lipinski definition) is 3. The monoisotopic (exact) mass is 496 g/mol. The number of aromatic nitrogens is 1. The van der Waals surface area contributed by atoms with Crippen molar-refractivity contribution in [3.8, 4) is 0 Å². The first-order valence-electron chi connectivity index (χ1n) is 12.8. The first kappa shape index (κ1) is 24.7. The largest absolute Gasteiger partial charge is 0.379 e. The maximum Gasteiger partial charge on any atom is 0.238 e. The molecule has 1 amide bonds. The Kier molecular flexibility index (Phi) is 7.63. The van der Waals surface area contributed by atoms with E-state index in [0.717, 1.165) is 47.4 Å². The molecule has 1 atom stereocenters. The zero-order valence-corrected chi connectivity index (χ0v) is 21.0. The van der Waals surface area contributed by atoms with Gasteiger partial charge in [-0.1, -0.05) is 55.5 Å². The van der Waals surface area contributed by atoms with Gasteiger partial charge in [-0.05, 0) is 41.8 Å². The van der Waals surface area contributed by atoms with E-state index in [-0.39, 0.29) is 11.7 Å². The number of carbonyl (C=O) groups excluding carboxylic acids is 2. The lowest BCUT2D eigenvalue weighted by atomic mass is 9.96. The molecule has 1 saturated heterocycles. The van der Waals surface area contributed by atoms with E-state index in [2.05, 4.69) is 33.5 Å². The molecule has 1 aliphatic heterocycles. The normalized spacial score (nSPS) is 14.8. The van der Waals surface area contributed by atoms with Crippen molar-refractivity contribution < 1.29 is 14.3 Å². The summed E-state index contributed by atoms with van der Waals surface area (Å²) in [6.45, 7) is 5.31. The van der Waals surface area contributed by atoms with Crippen LogP contribution in [0.1, 0.15) is 34.5 Å². The fraction of sp³-hybridized carbons (Fsp3) is 0.267. The Labute approximate surface area is 216 Å². The molecule has 3 N–H and O–H groups in total. The van der Waals surface area contributed by atoms with Gasteiger partial charge in [0.05, 0.1) is 19.8 Å². The van der Waals surface area contributed by atoms with Crippen LogP contribution in [0.25, 0.3) is 10.9 Å². The van der Waals surface area contributed by atoms with Crippen LogP contribution in [0.3, 0.4) is 0 Å². The van der Waals surface area contributed by atoms with E-state index in [0.29, 0.717) is 25.3 Å². The van der Waals surface area contributed by atoms with Crippen LogP contribution in [0.15, 0.2) is 79.0 Å². The standard InChI is InChI=1S/C30H32N4O3/c1-2-21-9-6-10-25-26(19-31-28(21)25)30(36)29(22-7-4-3-5-8-22)33-24-13-11-23(12-14-24)32-27(35)20-34-15-17-37-18-16-34/h3-14,19,29,31,33H,2,15-18,20H2,1H3,(H,32,35)/t29-/m0/s1. The van der Waals surface area contributed by atoms with Gasteiger partial charge in [-0.25, -0.2) is 0 Å². The number of amides is 1. The number of hydrogen-bond acceptors (Lipinski definition) is 5. The molecule has 2 heterocycles. The van der Waals surface area contributed by atoms with Gasteiger partial charge in [0.15, 0.2) is 5.78 Å². The van der Waals surface area contributed by atoms with Gasteiger partial charge in [0.25, 0.3) is 0 Å². The molecule has 7 heteroatoms. The van der Waals surface area contributed by atoms with E-state index in [1.807, 2.05) is 72.9 Å². The van der Waals surface area contributed by atoms with Gasteiger partial charge in [-0.2, -0.15) is 0 Å². The number of aryl methyl sites for hydroxylation is 1. The van der Waals surface area contributed by atoms with Crippen molar-refractivity contribution in [3.63, 3.8) is 0 Å². The minimum atomic E-state index is -0.563. The Bertz CT molecular complexity index is 1360. The van der Waals surface area contributed by atoms with Crippen LogP contribution in [-0.4, -0.2) is 54.4 Å². The molecule has 0 radical (unpaired) electrons. The topological polar surface area (TPSA) is 86.5 Å². The lowest BCUT2D eigenvalue weighted by Crippen LogP contribution is -2.41. The molecule has 190 valence electrons. The van der Waals surface area contributed by atoms with E-state index in [1.165, 1.54) is 5.56 Å². The summed E-state index contributed by atoms with van der Waals surface area (Å²) in [5, 5.41) is 7.32. The van der Waals surface area contributed by atoms with Crippen molar-refractivity contribution in [1.82, 2.24) is 9.88 Å². The molecule has 37 heavy (non-hydrogen) atoms. The highest BCUT2D eigenvalue weighted by Crippen LogP contribution is 2.29. The second-order valence-electron chi connectivity index (χ2n) is 9.26. The summed E-state index contributed by atoms with van der Waals surface area (Å²) < 4.78 is 5.34. The van der Waals surface area contributed by atoms with Crippen molar-refractivity contribution >= 4 is 34.0 Å². The Balaban J connectivity index is 1.33. The zero-order valence-electron chi connectivity index (χ0n) is 21.0. The fourth-order valence-corrected chi connectivity index (χ4v) is 4.80. The van der Waals surface area contributed by atoms with Crippen LogP contribution >= 0.6 is 0 Å². The number of H-pyrrole nitrogens is 1. The third-order valence-electron chi connectivity index (χ3n) is 6.79. The molecule has 1 aromatic heterocycles. The number of para-hydroxylation sites is 1. The lowest BCUT2D eigenvalue weighted by molar-refractivity contribution is -0.118. The summed E-state index contributed by atoms with van der Waals surface area (Å²) in [7, 11) is 0. The number of Topliss-reactive ketones (excluding diaryl/α,β-unsaturated/α-hetero) is 1. The molecule has 1 aliphatic rings. The maximum atomic E-state index is 13.9. The third-order valence-corrected chi connectivity index (χ3v) is 6.79. The molecular weight excluding hydrogens is 464 g/mol. The molecule has 5 rings (SSSR count). The van der Waals surface area contributed by atoms with Crippen LogP contribution < -0.4 is 10.6 Å². The molecule has 7 nitrogen and oxygen atoms in total. The van der Waals surface area contributed by atoms with Gasteiger partial charge >= 0.3 is 0 Å². The highest BCUT2D eigenvalue weighted by molar-refractivity contribution is 6.12. The number of ketones is 1. The highest BCUT2D eigenvalue weighted by Gasteiger charge is 2.25. The number of morpholine rings is 1. The number of benzene rings is 3. The number of aromatic amines is 1. The maximum absolute atomic E-state index is 13.9. The number of nitrogens with one attached hydrogen (secondary N) is 3. The van der Waals surface area contributed by atoms with Crippen molar-refractivity contribution in [3.05, 3.63) is 95.7 Å². The van der Waals surface area contributed by atoms with E-state index in [4.69, 9.17) is 4.74 Å². The molecule has 0 bridgehead atoms. The molecule has 1 fully saturated rings. The van der Waals surface area contributed by atoms with Gasteiger partial charge in [-0.3, -0.25) is 14.5 Å². The summed E-state index contributed by atoms with van der Waals surface area (Å²) in [4.78, 5) is 31.7. The molecule has 3 aromatic carbocycles. The molecular formula is C30H32N4O3. The average molecular weight is 497 g/mol. The minimum Gasteiger partial charge on any atom is -0.379 e. The third kappa shape index (κ3) is 5.74. The van der Waals surface area contributed by atoms with Crippen LogP contribution in [0.5, 0.6) is 0 Å². The predicted molar refractivity (Wildman–Crippen MR) is 147 cm³/mol. The zero-order chi connectivity index (χ0) is 25.6. The number of fused-ring (bicyclic) bond motifs is 1. The van der Waals surface area contributed by atoms with Gasteiger partial charge < -0.3 is 20.4 Å². The number of anilines is 2. The number of rotatable bonds is 9. The Morgan fingerprint density at radius 3 is 2.41 bits per heavy atom. The van der Waals surface area contributed by atoms with Crippen molar-refractivity contribution in [2.75, 3.05) is 43.5 Å². The summed E-state index contributed by atoms with van der Waals surface area (Å²) in [5.41, 5.74) is 5.26. The average Bonchev–Trinajstić information content (AvgIpc) is 3.38. The van der Waals surface area contributed by atoms with E-state index in [9.17, 15) is 9.59 Å². The smallest absolute Gasteiger partial charge is 0.238 e.